The van der Waals surface area contributed by atoms with Crippen molar-refractivity contribution >= 4 is 22.0 Å². The van der Waals surface area contributed by atoms with Crippen LogP contribution in [0.15, 0.2) is 30.4 Å². The SMILES string of the molecule is CCC(NS(=O)(=O)CC/C=C/CN1CCC(=O)NC1=O)c1ccc(F)c(OCC2CC2)c1. The van der Waals surface area contributed by atoms with Gasteiger partial charge in [-0.3, -0.25) is 10.1 Å². The van der Waals surface area contributed by atoms with E-state index in [0.29, 0.717) is 37.6 Å². The minimum atomic E-state index is -3.58. The second-order valence-electron chi connectivity index (χ2n) is 8.15. The minimum absolute atomic E-state index is 0.114. The highest BCUT2D eigenvalue weighted by Gasteiger charge is 2.24. The van der Waals surface area contributed by atoms with Crippen molar-refractivity contribution in [1.82, 2.24) is 14.9 Å². The molecule has 2 aliphatic rings. The molecular formula is C22H30FN3O5S. The molecule has 8 nitrogen and oxygen atoms in total. The predicted octanol–water partition coefficient (Wildman–Crippen LogP) is 2.87. The molecule has 1 saturated heterocycles. The number of halogens is 1. The molecule has 1 aliphatic heterocycles. The maximum absolute atomic E-state index is 14.0. The first-order valence-electron chi connectivity index (χ1n) is 10.9. The quantitative estimate of drug-likeness (QED) is 0.460. The van der Waals surface area contributed by atoms with E-state index in [9.17, 15) is 22.4 Å². The Morgan fingerprint density at radius 3 is 2.78 bits per heavy atom. The van der Waals surface area contributed by atoms with E-state index >= 15 is 0 Å². The lowest BCUT2D eigenvalue weighted by Gasteiger charge is -2.25. The fourth-order valence-corrected chi connectivity index (χ4v) is 4.62. The van der Waals surface area contributed by atoms with Crippen LogP contribution in [-0.4, -0.2) is 50.7 Å². The van der Waals surface area contributed by atoms with Crippen LogP contribution in [0.5, 0.6) is 5.75 Å². The van der Waals surface area contributed by atoms with E-state index in [1.54, 1.807) is 24.3 Å². The lowest BCUT2D eigenvalue weighted by Crippen LogP contribution is -2.49. The Balaban J connectivity index is 1.50. The number of urea groups is 1. The fraction of sp³-hybridized carbons (Fsp3) is 0.545. The Morgan fingerprint density at radius 1 is 1.31 bits per heavy atom. The van der Waals surface area contributed by atoms with Gasteiger partial charge in [-0.05, 0) is 49.3 Å². The molecule has 1 unspecified atom stereocenters. The summed E-state index contributed by atoms with van der Waals surface area (Å²) < 4.78 is 47.4. The average molecular weight is 468 g/mol. The van der Waals surface area contributed by atoms with Gasteiger partial charge in [0, 0.05) is 25.6 Å². The summed E-state index contributed by atoms with van der Waals surface area (Å²) in [5, 5.41) is 2.24. The van der Waals surface area contributed by atoms with Gasteiger partial charge >= 0.3 is 6.03 Å². The summed E-state index contributed by atoms with van der Waals surface area (Å²) in [6.45, 7) is 2.99. The third kappa shape index (κ3) is 7.30. The molecule has 176 valence electrons. The molecule has 0 aromatic heterocycles. The number of rotatable bonds is 12. The predicted molar refractivity (Wildman–Crippen MR) is 118 cm³/mol. The van der Waals surface area contributed by atoms with Gasteiger partial charge in [-0.2, -0.15) is 0 Å². The largest absolute Gasteiger partial charge is 0.490 e. The van der Waals surface area contributed by atoms with Gasteiger partial charge < -0.3 is 9.64 Å². The second-order valence-corrected chi connectivity index (χ2v) is 10.0. The van der Waals surface area contributed by atoms with Crippen LogP contribution in [0.1, 0.15) is 50.6 Å². The van der Waals surface area contributed by atoms with Gasteiger partial charge in [-0.25, -0.2) is 22.3 Å². The summed E-state index contributed by atoms with van der Waals surface area (Å²) in [4.78, 5) is 24.3. The number of ether oxygens (including phenoxy) is 1. The van der Waals surface area contributed by atoms with Crippen LogP contribution >= 0.6 is 0 Å². The van der Waals surface area contributed by atoms with E-state index in [1.165, 1.54) is 11.0 Å². The zero-order chi connectivity index (χ0) is 23.1. The van der Waals surface area contributed by atoms with Gasteiger partial charge in [0.15, 0.2) is 11.6 Å². The van der Waals surface area contributed by atoms with Gasteiger partial charge in [0.1, 0.15) is 0 Å². The van der Waals surface area contributed by atoms with Gasteiger partial charge in [-0.1, -0.05) is 25.1 Å². The maximum atomic E-state index is 14.0. The van der Waals surface area contributed by atoms with E-state index in [0.717, 1.165) is 12.8 Å². The Bertz CT molecular complexity index is 962. The summed E-state index contributed by atoms with van der Waals surface area (Å²) >= 11 is 0. The number of nitrogens with zero attached hydrogens (tertiary/aromatic N) is 1. The summed E-state index contributed by atoms with van der Waals surface area (Å²) in [5.74, 6) is -0.224. The van der Waals surface area contributed by atoms with Gasteiger partial charge in [0.2, 0.25) is 15.9 Å². The van der Waals surface area contributed by atoms with Crippen LogP contribution < -0.4 is 14.8 Å². The molecule has 3 rings (SSSR count). The van der Waals surface area contributed by atoms with Crippen LogP contribution in [-0.2, 0) is 14.8 Å². The molecule has 0 radical (unpaired) electrons. The molecular weight excluding hydrogens is 437 g/mol. The minimum Gasteiger partial charge on any atom is -0.490 e. The number of amides is 3. The van der Waals surface area contributed by atoms with E-state index in [1.807, 2.05) is 6.92 Å². The van der Waals surface area contributed by atoms with E-state index < -0.39 is 27.9 Å². The second kappa shape index (κ2) is 10.9. The highest BCUT2D eigenvalue weighted by molar-refractivity contribution is 7.89. The highest BCUT2D eigenvalue weighted by atomic mass is 32.2. The van der Waals surface area contributed by atoms with Crippen LogP contribution in [0.2, 0.25) is 0 Å². The molecule has 1 saturated carbocycles. The summed E-state index contributed by atoms with van der Waals surface area (Å²) in [6.07, 6.45) is 6.64. The smallest absolute Gasteiger partial charge is 0.324 e. The van der Waals surface area contributed by atoms with Crippen molar-refractivity contribution in [2.24, 2.45) is 5.92 Å². The zero-order valence-corrected chi connectivity index (χ0v) is 19.0. The number of sulfonamides is 1. The van der Waals surface area contributed by atoms with Crippen molar-refractivity contribution in [1.29, 1.82) is 0 Å². The molecule has 3 amide bonds. The molecule has 2 N–H and O–H groups in total. The third-order valence-corrected chi connectivity index (χ3v) is 6.86. The molecule has 10 heteroatoms. The standard InChI is InChI=1S/C22H30FN3O5S/c1-2-19(17-8-9-18(23)20(14-17)31-15-16-6-7-16)25-32(29,30)13-5-3-4-11-26-12-10-21(27)24-22(26)28/h3-4,8-9,14,16,19,25H,2,5-7,10-13,15H2,1H3,(H,24,27,28)/b4-3+. The lowest BCUT2D eigenvalue weighted by molar-refractivity contribution is -0.121. The number of carbonyl (C=O) groups is 2. The van der Waals surface area contributed by atoms with Crippen molar-refractivity contribution in [2.45, 2.75) is 45.1 Å². The molecule has 1 aromatic rings. The number of imide groups is 1. The third-order valence-electron chi connectivity index (χ3n) is 5.45. The van der Waals surface area contributed by atoms with Crippen molar-refractivity contribution < 1.29 is 27.1 Å². The lowest BCUT2D eigenvalue weighted by atomic mass is 10.1. The number of allylic oxidation sites excluding steroid dienone is 1. The zero-order valence-electron chi connectivity index (χ0n) is 18.2. The van der Waals surface area contributed by atoms with Crippen molar-refractivity contribution in [3.8, 4) is 5.75 Å². The normalized spacial score (nSPS) is 18.1. The van der Waals surface area contributed by atoms with Gasteiger partial charge in [-0.15, -0.1) is 0 Å². The Kier molecular flexibility index (Phi) is 8.25. The number of nitrogens with one attached hydrogen (secondary N) is 2. The molecule has 2 fully saturated rings. The molecule has 1 aromatic carbocycles. The fourth-order valence-electron chi connectivity index (χ4n) is 3.32. The first-order chi connectivity index (χ1) is 15.3. The van der Waals surface area contributed by atoms with Gasteiger partial charge in [0.25, 0.3) is 0 Å². The first-order valence-corrected chi connectivity index (χ1v) is 12.6. The van der Waals surface area contributed by atoms with E-state index in [-0.39, 0.29) is 30.3 Å². The molecule has 0 spiro atoms. The molecule has 0 bridgehead atoms. The Labute approximate surface area is 188 Å². The summed E-state index contributed by atoms with van der Waals surface area (Å²) in [5.41, 5.74) is 0.657. The molecule has 1 aliphatic carbocycles. The van der Waals surface area contributed by atoms with Crippen molar-refractivity contribution in [2.75, 3.05) is 25.4 Å². The van der Waals surface area contributed by atoms with Crippen LogP contribution in [0.3, 0.4) is 0 Å². The molecule has 1 atom stereocenters. The summed E-state index contributed by atoms with van der Waals surface area (Å²) in [7, 11) is -3.58. The van der Waals surface area contributed by atoms with E-state index in [2.05, 4.69) is 10.0 Å². The Morgan fingerprint density at radius 2 is 2.09 bits per heavy atom. The average Bonchev–Trinajstić information content (AvgIpc) is 3.57. The molecule has 32 heavy (non-hydrogen) atoms. The topological polar surface area (TPSA) is 105 Å². The van der Waals surface area contributed by atoms with Crippen molar-refractivity contribution in [3.05, 3.63) is 41.7 Å². The number of benzene rings is 1. The van der Waals surface area contributed by atoms with Crippen molar-refractivity contribution in [3.63, 3.8) is 0 Å². The highest BCUT2D eigenvalue weighted by Crippen LogP contribution is 2.31. The number of hydrogen-bond acceptors (Lipinski definition) is 5. The van der Waals surface area contributed by atoms with Crippen LogP contribution in [0.4, 0.5) is 9.18 Å². The first kappa shape index (κ1) is 24.2. The number of hydrogen-bond donors (Lipinski definition) is 2. The van der Waals surface area contributed by atoms with Crippen LogP contribution in [0.25, 0.3) is 0 Å². The van der Waals surface area contributed by atoms with Crippen LogP contribution in [0, 0.1) is 11.7 Å². The monoisotopic (exact) mass is 467 g/mol. The van der Waals surface area contributed by atoms with E-state index in [4.69, 9.17) is 4.74 Å². The Hall–Kier alpha value is -2.46. The number of carbonyl (C=O) groups excluding carboxylic acids is 2. The molecule has 1 heterocycles. The maximum Gasteiger partial charge on any atom is 0.324 e. The van der Waals surface area contributed by atoms with Gasteiger partial charge in [0.05, 0.1) is 12.4 Å². The summed E-state index contributed by atoms with van der Waals surface area (Å²) in [6, 6.07) is 3.53.